The minimum absolute atomic E-state index is 0.793. The van der Waals surface area contributed by atoms with Crippen molar-refractivity contribution >= 4 is 38.5 Å². The average Bonchev–Trinajstić information content (AvgIpc) is 2.70. The maximum absolute atomic E-state index is 3.79. The van der Waals surface area contributed by atoms with E-state index in [-0.39, 0.29) is 0 Å². The standard InChI is InChI=1S/C13H10BrI/c14-12-8-5-9(13(12)15)11-7-4-2-1-3-6(7)10(8)11/h1-4,8-11H,5H2/t8-,9+,10+,11-/m1/s1. The van der Waals surface area contributed by atoms with E-state index in [1.807, 2.05) is 0 Å². The number of fused-ring (bicyclic) bond motifs is 8. The van der Waals surface area contributed by atoms with Gasteiger partial charge >= 0.3 is 0 Å². The van der Waals surface area contributed by atoms with Crippen molar-refractivity contribution in [2.75, 3.05) is 0 Å². The molecule has 0 amide bonds. The second-order valence-electron chi connectivity index (χ2n) is 4.83. The van der Waals surface area contributed by atoms with Crippen molar-refractivity contribution in [2.45, 2.75) is 18.3 Å². The first-order valence-electron chi connectivity index (χ1n) is 5.43. The zero-order valence-corrected chi connectivity index (χ0v) is 11.8. The van der Waals surface area contributed by atoms with Gasteiger partial charge in [0, 0.05) is 8.06 Å². The molecular formula is C13H10BrI. The Morgan fingerprint density at radius 3 is 2.33 bits per heavy atom. The SMILES string of the molecule is BrC1=C(I)[C@H]2C[C@@H]1[C@@H]1c3ccccc3[C@@H]12. The Kier molecular flexibility index (Phi) is 1.78. The van der Waals surface area contributed by atoms with Crippen LogP contribution in [0.2, 0.25) is 0 Å². The highest BCUT2D eigenvalue weighted by atomic mass is 127. The lowest BCUT2D eigenvalue weighted by Gasteiger charge is -2.42. The molecule has 0 unspecified atom stereocenters. The molecule has 0 radical (unpaired) electrons. The van der Waals surface area contributed by atoms with Crippen LogP contribution in [0.1, 0.15) is 29.4 Å². The van der Waals surface area contributed by atoms with Crippen LogP contribution in [0, 0.1) is 11.8 Å². The number of halogens is 2. The van der Waals surface area contributed by atoms with E-state index < -0.39 is 0 Å². The van der Waals surface area contributed by atoms with E-state index in [9.17, 15) is 0 Å². The van der Waals surface area contributed by atoms with E-state index in [0.717, 1.165) is 23.7 Å². The summed E-state index contributed by atoms with van der Waals surface area (Å²) in [6.07, 6.45) is 1.38. The van der Waals surface area contributed by atoms with Gasteiger partial charge in [-0.05, 0) is 63.8 Å². The summed E-state index contributed by atoms with van der Waals surface area (Å²) in [7, 11) is 0. The van der Waals surface area contributed by atoms with Crippen LogP contribution < -0.4 is 0 Å². The summed E-state index contributed by atoms with van der Waals surface area (Å²) in [4.78, 5) is 0. The maximum Gasteiger partial charge on any atom is 0.00838 e. The topological polar surface area (TPSA) is 0 Å². The fourth-order valence-corrected chi connectivity index (χ4v) is 5.59. The third-order valence-electron chi connectivity index (χ3n) is 4.36. The van der Waals surface area contributed by atoms with Crippen molar-refractivity contribution in [3.05, 3.63) is 43.5 Å². The van der Waals surface area contributed by atoms with Crippen LogP contribution in [-0.2, 0) is 0 Å². The maximum atomic E-state index is 3.79. The van der Waals surface area contributed by atoms with Crippen molar-refractivity contribution in [3.8, 4) is 0 Å². The van der Waals surface area contributed by atoms with Crippen LogP contribution in [0.5, 0.6) is 0 Å². The number of hydrogen-bond donors (Lipinski definition) is 0. The van der Waals surface area contributed by atoms with Gasteiger partial charge in [0.15, 0.2) is 0 Å². The van der Waals surface area contributed by atoms with E-state index in [2.05, 4.69) is 62.8 Å². The van der Waals surface area contributed by atoms with Gasteiger partial charge in [-0.3, -0.25) is 0 Å². The van der Waals surface area contributed by atoms with Crippen molar-refractivity contribution in [3.63, 3.8) is 0 Å². The lowest BCUT2D eigenvalue weighted by Crippen LogP contribution is -2.29. The number of hydrogen-bond acceptors (Lipinski definition) is 0. The van der Waals surface area contributed by atoms with E-state index in [4.69, 9.17) is 0 Å². The summed E-state index contributed by atoms with van der Waals surface area (Å²) in [5.74, 6) is 3.30. The molecule has 2 bridgehead atoms. The predicted octanol–water partition coefficient (Wildman–Crippen LogP) is 4.56. The molecule has 0 aliphatic heterocycles. The molecule has 0 N–H and O–H groups in total. The van der Waals surface area contributed by atoms with Gasteiger partial charge in [0.05, 0.1) is 0 Å². The summed E-state index contributed by atoms with van der Waals surface area (Å²) >= 11 is 6.33. The molecule has 4 rings (SSSR count). The molecule has 2 heteroatoms. The normalized spacial score (nSPS) is 40.1. The summed E-state index contributed by atoms with van der Waals surface area (Å²) in [5, 5.41) is 0. The monoisotopic (exact) mass is 372 g/mol. The first-order valence-corrected chi connectivity index (χ1v) is 7.30. The Bertz CT molecular complexity index is 448. The van der Waals surface area contributed by atoms with E-state index in [0.29, 0.717) is 0 Å². The van der Waals surface area contributed by atoms with E-state index in [1.54, 1.807) is 14.7 Å². The molecule has 3 aliphatic rings. The second kappa shape index (κ2) is 2.89. The predicted molar refractivity (Wildman–Crippen MR) is 73.5 cm³/mol. The molecule has 4 atom stereocenters. The van der Waals surface area contributed by atoms with Crippen molar-refractivity contribution in [1.29, 1.82) is 0 Å². The van der Waals surface area contributed by atoms with Crippen LogP contribution >= 0.6 is 38.5 Å². The molecule has 76 valence electrons. The largest absolute Gasteiger partial charge is 0.0620 e. The molecule has 0 nitrogen and oxygen atoms in total. The zero-order chi connectivity index (χ0) is 10.2. The molecule has 0 aromatic heterocycles. The summed E-state index contributed by atoms with van der Waals surface area (Å²) in [5.41, 5.74) is 3.25. The average molecular weight is 373 g/mol. The van der Waals surface area contributed by atoms with Gasteiger partial charge in [0.25, 0.3) is 0 Å². The Labute approximate surface area is 111 Å². The van der Waals surface area contributed by atoms with Crippen molar-refractivity contribution in [1.82, 2.24) is 0 Å². The van der Waals surface area contributed by atoms with Gasteiger partial charge in [-0.25, -0.2) is 0 Å². The lowest BCUT2D eigenvalue weighted by molar-refractivity contribution is 0.439. The molecule has 1 aromatic carbocycles. The first kappa shape index (κ1) is 9.23. The molecule has 1 saturated carbocycles. The number of allylic oxidation sites excluding steroid dienone is 2. The highest BCUT2D eigenvalue weighted by Gasteiger charge is 2.57. The highest BCUT2D eigenvalue weighted by molar-refractivity contribution is 14.1. The molecule has 15 heavy (non-hydrogen) atoms. The second-order valence-corrected chi connectivity index (χ2v) is 6.84. The molecule has 1 aromatic rings. The van der Waals surface area contributed by atoms with Gasteiger partial charge in [-0.1, -0.05) is 40.2 Å². The molecule has 3 aliphatic carbocycles. The fourth-order valence-electron chi connectivity index (χ4n) is 3.79. The Hall–Kier alpha value is 0.170. The number of benzene rings is 1. The van der Waals surface area contributed by atoms with Gasteiger partial charge in [-0.2, -0.15) is 0 Å². The third kappa shape index (κ3) is 0.943. The molecule has 1 fully saturated rings. The molecule has 0 spiro atoms. The third-order valence-corrected chi connectivity index (χ3v) is 7.49. The van der Waals surface area contributed by atoms with Gasteiger partial charge < -0.3 is 0 Å². The number of rotatable bonds is 0. The van der Waals surface area contributed by atoms with Crippen LogP contribution in [0.3, 0.4) is 0 Å². The summed E-state index contributed by atoms with van der Waals surface area (Å²) in [6, 6.07) is 9.02. The first-order chi connectivity index (χ1) is 7.29. The Morgan fingerprint density at radius 2 is 1.67 bits per heavy atom. The lowest BCUT2D eigenvalue weighted by atomic mass is 9.63. The van der Waals surface area contributed by atoms with Crippen molar-refractivity contribution < 1.29 is 0 Å². The van der Waals surface area contributed by atoms with E-state index >= 15 is 0 Å². The highest BCUT2D eigenvalue weighted by Crippen LogP contribution is 2.70. The van der Waals surface area contributed by atoms with Gasteiger partial charge in [0.1, 0.15) is 0 Å². The van der Waals surface area contributed by atoms with Gasteiger partial charge in [0.2, 0.25) is 0 Å². The van der Waals surface area contributed by atoms with Gasteiger partial charge in [-0.15, -0.1) is 0 Å². The fraction of sp³-hybridized carbons (Fsp3) is 0.385. The minimum Gasteiger partial charge on any atom is -0.0620 e. The Morgan fingerprint density at radius 1 is 1.07 bits per heavy atom. The van der Waals surface area contributed by atoms with Crippen LogP contribution in [0.15, 0.2) is 32.3 Å². The summed E-state index contributed by atoms with van der Waals surface area (Å²) in [6.45, 7) is 0. The molecular weight excluding hydrogens is 363 g/mol. The quantitative estimate of drug-likeness (QED) is 0.585. The van der Waals surface area contributed by atoms with E-state index in [1.165, 1.54) is 10.9 Å². The van der Waals surface area contributed by atoms with Crippen LogP contribution in [-0.4, -0.2) is 0 Å². The molecule has 0 heterocycles. The minimum atomic E-state index is 0.793. The molecule has 0 saturated heterocycles. The smallest absolute Gasteiger partial charge is 0.00838 e. The van der Waals surface area contributed by atoms with Crippen molar-refractivity contribution in [2.24, 2.45) is 11.8 Å². The van der Waals surface area contributed by atoms with Crippen LogP contribution in [0.25, 0.3) is 0 Å². The zero-order valence-electron chi connectivity index (χ0n) is 8.08. The summed E-state index contributed by atoms with van der Waals surface area (Å²) < 4.78 is 3.09. The van der Waals surface area contributed by atoms with Crippen LogP contribution in [0.4, 0.5) is 0 Å². The Balaban J connectivity index is 1.89.